The number of hydrogen-bond donors (Lipinski definition) is 1. The lowest BCUT2D eigenvalue weighted by molar-refractivity contribution is -0.384. The van der Waals surface area contributed by atoms with Gasteiger partial charge in [0.15, 0.2) is 16.8 Å². The first-order valence-corrected chi connectivity index (χ1v) is 11.3. The van der Waals surface area contributed by atoms with E-state index in [2.05, 4.69) is 10.3 Å². The van der Waals surface area contributed by atoms with E-state index in [1.165, 1.54) is 6.07 Å². The number of thioether (sulfide) groups is 1. The maximum atomic E-state index is 13.2. The van der Waals surface area contributed by atoms with Crippen LogP contribution in [0.2, 0.25) is 0 Å². The minimum absolute atomic E-state index is 0.0337. The number of non-ortho nitro benzene ring substituents is 1. The molecule has 0 bridgehead atoms. The summed E-state index contributed by atoms with van der Waals surface area (Å²) in [5, 5.41) is 13.2. The van der Waals surface area contributed by atoms with Crippen LogP contribution in [-0.2, 0) is 14.6 Å². The molecule has 0 unspecified atom stereocenters. The highest BCUT2D eigenvalue weighted by Crippen LogP contribution is 2.30. The lowest BCUT2D eigenvalue weighted by Gasteiger charge is -2.03. The topological polar surface area (TPSA) is 119 Å². The molecule has 1 heterocycles. The van der Waals surface area contributed by atoms with Gasteiger partial charge in [0.2, 0.25) is 15.7 Å². The zero-order valence-corrected chi connectivity index (χ0v) is 17.2. The number of carbonyl (C=O) groups excluding carboxylic acids is 1. The van der Waals surface area contributed by atoms with Crippen molar-refractivity contribution in [3.05, 3.63) is 70.4 Å². The Kier molecular flexibility index (Phi) is 6.43. The molecule has 13 heteroatoms. The summed E-state index contributed by atoms with van der Waals surface area (Å²) in [5.41, 5.74) is -0.246. The van der Waals surface area contributed by atoms with E-state index in [1.54, 1.807) is 0 Å². The van der Waals surface area contributed by atoms with Crippen molar-refractivity contribution in [1.82, 2.24) is 4.98 Å². The molecular weight excluding hydrogens is 460 g/mol. The summed E-state index contributed by atoms with van der Waals surface area (Å²) in [6.07, 6.45) is 1.07. The van der Waals surface area contributed by atoms with E-state index in [-0.39, 0.29) is 25.7 Å². The third-order valence-corrected chi connectivity index (χ3v) is 7.75. The molecule has 0 atom stereocenters. The van der Waals surface area contributed by atoms with Crippen LogP contribution in [0, 0.1) is 21.7 Å². The van der Waals surface area contributed by atoms with Crippen LogP contribution >= 0.6 is 23.1 Å². The Labute approximate surface area is 177 Å². The second-order valence-corrected chi connectivity index (χ2v) is 9.91. The van der Waals surface area contributed by atoms with Crippen LogP contribution < -0.4 is 5.32 Å². The first-order chi connectivity index (χ1) is 14.2. The summed E-state index contributed by atoms with van der Waals surface area (Å²) in [4.78, 5) is 26.1. The lowest BCUT2D eigenvalue weighted by atomic mass is 10.3. The summed E-state index contributed by atoms with van der Waals surface area (Å²) < 4.78 is 51.1. The van der Waals surface area contributed by atoms with Crippen LogP contribution in [0.1, 0.15) is 0 Å². The van der Waals surface area contributed by atoms with Gasteiger partial charge in [-0.2, -0.15) is 0 Å². The van der Waals surface area contributed by atoms with Gasteiger partial charge in [0.25, 0.3) is 5.69 Å². The molecule has 3 aromatic rings. The van der Waals surface area contributed by atoms with Crippen molar-refractivity contribution >= 4 is 49.7 Å². The Hall–Kier alpha value is -2.90. The third kappa shape index (κ3) is 4.98. The van der Waals surface area contributed by atoms with Gasteiger partial charge in [-0.25, -0.2) is 22.2 Å². The first kappa shape index (κ1) is 21.8. The van der Waals surface area contributed by atoms with Crippen molar-refractivity contribution in [2.75, 3.05) is 11.1 Å². The normalized spacial score (nSPS) is 11.3. The Morgan fingerprint density at radius 2 is 1.87 bits per heavy atom. The van der Waals surface area contributed by atoms with Crippen molar-refractivity contribution in [3.63, 3.8) is 0 Å². The van der Waals surface area contributed by atoms with Crippen LogP contribution in [0.5, 0.6) is 0 Å². The summed E-state index contributed by atoms with van der Waals surface area (Å²) in [6, 6.07) is 7.62. The van der Waals surface area contributed by atoms with Crippen molar-refractivity contribution in [3.8, 4) is 0 Å². The quantitative estimate of drug-likeness (QED) is 0.315. The maximum Gasteiger partial charge on any atom is 0.269 e. The number of aromatic nitrogens is 1. The van der Waals surface area contributed by atoms with Gasteiger partial charge in [0.05, 0.1) is 21.8 Å². The Balaban J connectivity index is 1.65. The van der Waals surface area contributed by atoms with Gasteiger partial charge >= 0.3 is 0 Å². The molecule has 0 saturated heterocycles. The number of thiazole rings is 1. The summed E-state index contributed by atoms with van der Waals surface area (Å²) in [7, 11) is -3.96. The van der Waals surface area contributed by atoms with E-state index in [9.17, 15) is 32.1 Å². The number of hydrogen-bond acceptors (Lipinski definition) is 8. The van der Waals surface area contributed by atoms with Crippen molar-refractivity contribution < 1.29 is 26.9 Å². The molecule has 0 aliphatic rings. The summed E-state index contributed by atoms with van der Waals surface area (Å²) in [6.45, 7) is 0. The average molecular weight is 471 g/mol. The molecule has 0 fully saturated rings. The fraction of sp³-hybridized carbons (Fsp3) is 0.0588. The number of rotatable bonds is 7. The highest BCUT2D eigenvalue weighted by atomic mass is 32.2. The van der Waals surface area contributed by atoms with Crippen molar-refractivity contribution in [1.29, 1.82) is 0 Å². The number of nitrogens with zero attached hydrogens (tertiary/aromatic N) is 2. The van der Waals surface area contributed by atoms with E-state index in [4.69, 9.17) is 0 Å². The number of carbonyl (C=O) groups is 1. The van der Waals surface area contributed by atoms with Gasteiger partial charge in [-0.15, -0.1) is 11.8 Å². The largest absolute Gasteiger partial charge is 0.301 e. The maximum absolute atomic E-state index is 13.2. The molecule has 0 spiro atoms. The minimum atomic E-state index is -3.96. The zero-order chi connectivity index (χ0) is 21.9. The minimum Gasteiger partial charge on any atom is -0.301 e. The monoisotopic (exact) mass is 471 g/mol. The molecule has 0 aliphatic heterocycles. The number of nitrogens with one attached hydrogen (secondary N) is 1. The Morgan fingerprint density at radius 1 is 1.17 bits per heavy atom. The molecule has 1 aromatic heterocycles. The van der Waals surface area contributed by atoms with Gasteiger partial charge in [-0.05, 0) is 30.3 Å². The van der Waals surface area contributed by atoms with E-state index in [0.717, 1.165) is 54.4 Å². The highest BCUT2D eigenvalue weighted by Gasteiger charge is 2.22. The molecule has 1 N–H and O–H groups in total. The fourth-order valence-electron chi connectivity index (χ4n) is 2.18. The molecule has 2 aromatic carbocycles. The van der Waals surface area contributed by atoms with Crippen LogP contribution in [0.3, 0.4) is 0 Å². The van der Waals surface area contributed by atoms with Gasteiger partial charge < -0.3 is 5.32 Å². The lowest BCUT2D eigenvalue weighted by Crippen LogP contribution is -2.13. The Morgan fingerprint density at radius 3 is 2.50 bits per heavy atom. The molecule has 3 rings (SSSR count). The van der Waals surface area contributed by atoms with Gasteiger partial charge in [0, 0.05) is 17.0 Å². The second-order valence-electron chi connectivity index (χ2n) is 5.65. The highest BCUT2D eigenvalue weighted by molar-refractivity contribution is 8.00. The summed E-state index contributed by atoms with van der Waals surface area (Å²) >= 11 is 1.68. The number of nitro benzene ring substituents is 1. The predicted octanol–water partition coefficient (Wildman–Crippen LogP) is 3.89. The predicted molar refractivity (Wildman–Crippen MR) is 106 cm³/mol. The van der Waals surface area contributed by atoms with Crippen molar-refractivity contribution in [2.24, 2.45) is 0 Å². The van der Waals surface area contributed by atoms with Gasteiger partial charge in [-0.3, -0.25) is 14.9 Å². The van der Waals surface area contributed by atoms with Crippen LogP contribution in [0.15, 0.2) is 62.7 Å². The van der Waals surface area contributed by atoms with E-state index in [1.807, 2.05) is 0 Å². The van der Waals surface area contributed by atoms with E-state index < -0.39 is 32.3 Å². The summed E-state index contributed by atoms with van der Waals surface area (Å²) in [5.74, 6) is -2.66. The Bertz CT molecular complexity index is 1210. The van der Waals surface area contributed by atoms with Gasteiger partial charge in [0.1, 0.15) is 4.21 Å². The molecule has 0 aliphatic carbocycles. The zero-order valence-electron chi connectivity index (χ0n) is 14.7. The number of halogens is 2. The number of anilines is 1. The SMILES string of the molecule is O=C(CSc1ccc(F)c(F)c1)Nc1ncc(S(=O)(=O)c2ccc([N+](=O)[O-])cc2)s1. The average Bonchev–Trinajstić information content (AvgIpc) is 3.18. The number of nitro groups is 1. The van der Waals surface area contributed by atoms with E-state index >= 15 is 0 Å². The number of benzene rings is 2. The molecule has 0 radical (unpaired) electrons. The first-order valence-electron chi connectivity index (χ1n) is 8.00. The van der Waals surface area contributed by atoms with Gasteiger partial charge in [-0.1, -0.05) is 11.3 Å². The molecule has 156 valence electrons. The second kappa shape index (κ2) is 8.85. The number of amides is 1. The molecule has 8 nitrogen and oxygen atoms in total. The molecule has 1 amide bonds. The number of sulfone groups is 1. The van der Waals surface area contributed by atoms with Crippen LogP contribution in [0.25, 0.3) is 0 Å². The third-order valence-electron chi connectivity index (χ3n) is 3.61. The van der Waals surface area contributed by atoms with E-state index in [0.29, 0.717) is 16.2 Å². The molecule has 30 heavy (non-hydrogen) atoms. The smallest absolute Gasteiger partial charge is 0.269 e. The standard InChI is InChI=1S/C17H11F2N3O5S3/c18-13-6-3-11(7-14(13)19)28-9-15(23)21-17-20-8-16(29-17)30(26,27)12-4-1-10(2-5-12)22(24)25/h1-8H,9H2,(H,20,21,23). The van der Waals surface area contributed by atoms with Crippen LogP contribution in [0.4, 0.5) is 19.6 Å². The molecular formula is C17H11F2N3O5S3. The van der Waals surface area contributed by atoms with Crippen molar-refractivity contribution in [2.45, 2.75) is 14.0 Å². The fourth-order valence-corrected chi connectivity index (χ4v) is 5.35. The van der Waals surface area contributed by atoms with Crippen LogP contribution in [-0.4, -0.2) is 30.0 Å². The molecule has 0 saturated carbocycles.